The van der Waals surface area contributed by atoms with E-state index in [1.165, 1.54) is 0 Å². The fourth-order valence-corrected chi connectivity index (χ4v) is 4.69. The molecule has 5 atom stereocenters. The summed E-state index contributed by atoms with van der Waals surface area (Å²) in [6, 6.07) is -1.81. The Kier molecular flexibility index (Phi) is 22.0. The van der Waals surface area contributed by atoms with Crippen LogP contribution in [0, 0.1) is 10.8 Å². The van der Waals surface area contributed by atoms with Gasteiger partial charge in [0, 0.05) is 82.0 Å². The minimum absolute atomic E-state index is 0.0641. The monoisotopic (exact) mass is 672 g/mol. The Morgan fingerprint density at radius 1 is 0.702 bits per heavy atom. The fraction of sp³-hybridized carbons (Fsp3) is 0.806. The van der Waals surface area contributed by atoms with Gasteiger partial charge in [-0.15, -0.1) is 0 Å². The number of carbonyl (C=O) groups is 4. The van der Waals surface area contributed by atoms with Gasteiger partial charge in [0.05, 0.1) is 24.2 Å². The number of carbonyl (C=O) groups excluding carboxylic acids is 4. The van der Waals surface area contributed by atoms with Gasteiger partial charge in [0.1, 0.15) is 0 Å². The van der Waals surface area contributed by atoms with Crippen molar-refractivity contribution in [1.29, 1.82) is 0 Å². The van der Waals surface area contributed by atoms with E-state index in [1.807, 2.05) is 34.6 Å². The van der Waals surface area contributed by atoms with E-state index in [0.717, 1.165) is 0 Å². The first-order valence-electron chi connectivity index (χ1n) is 16.7. The van der Waals surface area contributed by atoms with Crippen LogP contribution in [0.25, 0.3) is 0 Å². The van der Waals surface area contributed by atoms with Crippen molar-refractivity contribution < 1.29 is 24.3 Å². The summed E-state index contributed by atoms with van der Waals surface area (Å²) in [5, 5.41) is 30.6. The molecule has 0 aliphatic rings. The van der Waals surface area contributed by atoms with Crippen molar-refractivity contribution in [1.82, 2.24) is 37.2 Å². The van der Waals surface area contributed by atoms with Crippen LogP contribution < -0.4 is 60.2 Å². The Morgan fingerprint density at radius 2 is 1.19 bits per heavy atom. The number of aliphatic hydroxyl groups is 1. The maximum atomic E-state index is 13.2. The van der Waals surface area contributed by atoms with Gasteiger partial charge in [-0.05, 0) is 32.6 Å². The molecule has 47 heavy (non-hydrogen) atoms. The van der Waals surface area contributed by atoms with Crippen molar-refractivity contribution in [3.63, 3.8) is 0 Å². The summed E-state index contributed by atoms with van der Waals surface area (Å²) < 4.78 is 0. The van der Waals surface area contributed by atoms with E-state index < -0.39 is 29.0 Å². The highest BCUT2D eigenvalue weighted by molar-refractivity contribution is 5.86. The minimum atomic E-state index is -0.788. The molecule has 0 heterocycles. The number of likely N-dealkylation sites (N-methyl/N-ethyl adjacent to an activating group) is 1. The zero-order chi connectivity index (χ0) is 36.0. The second-order valence-electron chi connectivity index (χ2n) is 12.9. The molecule has 0 aliphatic heterocycles. The molecule has 0 saturated heterocycles. The summed E-state index contributed by atoms with van der Waals surface area (Å²) in [7, 11) is 0. The van der Waals surface area contributed by atoms with Crippen molar-refractivity contribution in [2.24, 2.45) is 33.8 Å². The molecule has 0 aromatic heterocycles. The summed E-state index contributed by atoms with van der Waals surface area (Å²) in [6.45, 7) is 16.8. The molecule has 5 unspecified atom stereocenters. The highest BCUT2D eigenvalue weighted by Crippen LogP contribution is 2.37. The van der Waals surface area contributed by atoms with Gasteiger partial charge in [-0.3, -0.25) is 19.2 Å². The van der Waals surface area contributed by atoms with Crippen LogP contribution in [-0.4, -0.2) is 118 Å². The van der Waals surface area contributed by atoms with Crippen LogP contribution in [0.4, 0.5) is 0 Å². The summed E-state index contributed by atoms with van der Waals surface area (Å²) >= 11 is 0. The topological polar surface area (TPSA) is 277 Å². The van der Waals surface area contributed by atoms with E-state index >= 15 is 0 Å². The summed E-state index contributed by atoms with van der Waals surface area (Å²) in [5.74, 6) is -0.833. The molecular formula is C31H65N11O5. The number of hydrogen-bond acceptors (Lipinski definition) is 12. The molecule has 0 rings (SSSR count). The molecule has 274 valence electrons. The van der Waals surface area contributed by atoms with Gasteiger partial charge in [-0.25, -0.2) is 0 Å². The third-order valence-corrected chi connectivity index (χ3v) is 7.92. The standard InChI is InChI=1S/C31H65N11O5/c1-7-31(6,20-30(4,5)28(46)41-13-10-12-40-26(44)23(33)15-32)29(47)42-14-9-11-39-21(3)24(34)18-36-16-22(43)17-37-19-25(35)27(45)38-8-2/h22-25,36-37,39,43H,3,7-20,32-35H2,1-2,4-6H3,(H,38,45)(H,40,44)(H,41,46)(H,42,47). The molecule has 0 aromatic rings. The molecular weight excluding hydrogens is 606 g/mol. The minimum Gasteiger partial charge on any atom is -0.390 e. The lowest BCUT2D eigenvalue weighted by Gasteiger charge is -2.35. The van der Waals surface area contributed by atoms with Gasteiger partial charge in [0.25, 0.3) is 0 Å². The van der Waals surface area contributed by atoms with Crippen molar-refractivity contribution >= 4 is 23.6 Å². The van der Waals surface area contributed by atoms with Crippen LogP contribution in [0.2, 0.25) is 0 Å². The Hall–Kier alpha value is -2.86. The number of hydrogen-bond donors (Lipinski definition) is 12. The van der Waals surface area contributed by atoms with Crippen LogP contribution in [0.5, 0.6) is 0 Å². The molecule has 0 radical (unpaired) electrons. The van der Waals surface area contributed by atoms with E-state index in [0.29, 0.717) is 77.2 Å². The molecule has 16 heteroatoms. The quantitative estimate of drug-likeness (QED) is 0.0382. The Labute approximate surface area is 281 Å². The smallest absolute Gasteiger partial charge is 0.238 e. The fourth-order valence-electron chi connectivity index (χ4n) is 4.69. The zero-order valence-electron chi connectivity index (χ0n) is 29.3. The summed E-state index contributed by atoms with van der Waals surface area (Å²) in [6.07, 6.45) is 1.42. The number of amides is 4. The van der Waals surface area contributed by atoms with Gasteiger partial charge in [0.15, 0.2) is 0 Å². The van der Waals surface area contributed by atoms with Crippen molar-refractivity contribution in [3.05, 3.63) is 12.3 Å². The summed E-state index contributed by atoms with van der Waals surface area (Å²) in [5.41, 5.74) is 22.0. The predicted octanol–water partition coefficient (Wildman–Crippen LogP) is -3.33. The third kappa shape index (κ3) is 18.3. The van der Waals surface area contributed by atoms with Crippen molar-refractivity contribution in [2.45, 2.75) is 84.5 Å². The van der Waals surface area contributed by atoms with Crippen molar-refractivity contribution in [3.8, 4) is 0 Å². The number of aliphatic hydroxyl groups excluding tert-OH is 1. The molecule has 16 N–H and O–H groups in total. The lowest BCUT2D eigenvalue weighted by atomic mass is 9.71. The van der Waals surface area contributed by atoms with Crippen LogP contribution in [-0.2, 0) is 19.2 Å². The third-order valence-electron chi connectivity index (χ3n) is 7.92. The summed E-state index contributed by atoms with van der Waals surface area (Å²) in [4.78, 5) is 49.4. The predicted molar refractivity (Wildman–Crippen MR) is 186 cm³/mol. The first kappa shape index (κ1) is 44.1. The number of nitrogens with one attached hydrogen (secondary N) is 7. The highest BCUT2D eigenvalue weighted by Gasteiger charge is 2.40. The molecule has 0 spiro atoms. The molecule has 0 aliphatic carbocycles. The van der Waals surface area contributed by atoms with Gasteiger partial charge in [-0.1, -0.05) is 34.3 Å². The van der Waals surface area contributed by atoms with Crippen LogP contribution >= 0.6 is 0 Å². The van der Waals surface area contributed by atoms with Crippen LogP contribution in [0.15, 0.2) is 12.3 Å². The number of nitrogens with two attached hydrogens (primary N) is 4. The Morgan fingerprint density at radius 3 is 1.72 bits per heavy atom. The van der Waals surface area contributed by atoms with E-state index in [-0.39, 0.29) is 49.3 Å². The zero-order valence-corrected chi connectivity index (χ0v) is 29.3. The molecule has 0 fully saturated rings. The highest BCUT2D eigenvalue weighted by atomic mass is 16.3. The lowest BCUT2D eigenvalue weighted by molar-refractivity contribution is -0.137. The van der Waals surface area contributed by atoms with Gasteiger partial charge < -0.3 is 65.3 Å². The maximum absolute atomic E-state index is 13.2. The van der Waals surface area contributed by atoms with E-state index in [9.17, 15) is 24.3 Å². The van der Waals surface area contributed by atoms with Crippen LogP contribution in [0.1, 0.15) is 60.3 Å². The number of rotatable bonds is 27. The lowest BCUT2D eigenvalue weighted by Crippen LogP contribution is -2.49. The maximum Gasteiger partial charge on any atom is 0.238 e. The van der Waals surface area contributed by atoms with Crippen LogP contribution in [0.3, 0.4) is 0 Å². The second-order valence-corrected chi connectivity index (χ2v) is 12.9. The molecule has 4 amide bonds. The average Bonchev–Trinajstić information content (AvgIpc) is 3.03. The SMILES string of the molecule is C=C(NCCCNC(=O)C(C)(CC)CC(C)(C)C(=O)NCCCNC(=O)C(N)CN)C(N)CNCC(O)CNCC(N)C(=O)NCC. The Balaban J connectivity index is 4.36. The molecule has 0 bridgehead atoms. The molecule has 0 aromatic carbocycles. The van der Waals surface area contributed by atoms with Gasteiger partial charge in [0.2, 0.25) is 23.6 Å². The van der Waals surface area contributed by atoms with Gasteiger partial charge in [-0.2, -0.15) is 0 Å². The second kappa shape index (κ2) is 23.5. The van der Waals surface area contributed by atoms with E-state index in [4.69, 9.17) is 22.9 Å². The Bertz CT molecular complexity index is 968. The molecule has 16 nitrogen and oxygen atoms in total. The normalized spacial score (nSPS) is 15.4. The first-order chi connectivity index (χ1) is 22.0. The van der Waals surface area contributed by atoms with Gasteiger partial charge >= 0.3 is 0 Å². The molecule has 0 saturated carbocycles. The van der Waals surface area contributed by atoms with E-state index in [1.54, 1.807) is 0 Å². The van der Waals surface area contributed by atoms with E-state index in [2.05, 4.69) is 43.8 Å². The first-order valence-corrected chi connectivity index (χ1v) is 16.7. The van der Waals surface area contributed by atoms with Crippen molar-refractivity contribution in [2.75, 3.05) is 65.4 Å². The largest absolute Gasteiger partial charge is 0.390 e. The average molecular weight is 672 g/mol.